The molecule has 6 nitrogen and oxygen atoms in total. The summed E-state index contributed by atoms with van der Waals surface area (Å²) in [6.07, 6.45) is 5.88. The van der Waals surface area contributed by atoms with Crippen LogP contribution in [0.4, 0.5) is 4.39 Å². The Bertz CT molecular complexity index is 1110. The molecule has 3 heterocycles. The van der Waals surface area contributed by atoms with Crippen molar-refractivity contribution in [2.45, 2.75) is 31.8 Å². The summed E-state index contributed by atoms with van der Waals surface area (Å²) < 4.78 is 15.2. The SMILES string of the molecule is Fc1cccc(C2CCN(Cc3cn(Cc4ccccn4)nn3)CC2)c1.Oc1ccccc1. The van der Waals surface area contributed by atoms with Crippen molar-refractivity contribution in [3.05, 3.63) is 108 Å². The quantitative estimate of drug-likeness (QED) is 0.485. The molecule has 0 aliphatic carbocycles. The molecule has 0 saturated carbocycles. The second kappa shape index (κ2) is 11.3. The van der Waals surface area contributed by atoms with Gasteiger partial charge in [-0.25, -0.2) is 9.07 Å². The Morgan fingerprint density at radius 1 is 0.879 bits per heavy atom. The van der Waals surface area contributed by atoms with E-state index in [0.29, 0.717) is 18.2 Å². The number of nitrogens with zero attached hydrogens (tertiary/aromatic N) is 5. The average molecular weight is 446 g/mol. The number of phenolic OH excluding ortho intramolecular Hbond substituents is 1. The van der Waals surface area contributed by atoms with Crippen LogP contribution in [-0.2, 0) is 13.1 Å². The number of hydrogen-bond donors (Lipinski definition) is 1. The van der Waals surface area contributed by atoms with Gasteiger partial charge in [-0.05, 0) is 73.8 Å². The number of benzene rings is 2. The second-order valence-corrected chi connectivity index (χ2v) is 8.17. The Morgan fingerprint density at radius 3 is 2.33 bits per heavy atom. The number of aromatic hydroxyl groups is 1. The lowest BCUT2D eigenvalue weighted by Gasteiger charge is -2.31. The van der Waals surface area contributed by atoms with Crippen molar-refractivity contribution in [1.29, 1.82) is 0 Å². The summed E-state index contributed by atoms with van der Waals surface area (Å²) in [5, 5.41) is 17.1. The third-order valence-corrected chi connectivity index (χ3v) is 5.69. The molecule has 2 aromatic heterocycles. The number of rotatable bonds is 5. The molecule has 0 amide bonds. The van der Waals surface area contributed by atoms with Crippen molar-refractivity contribution in [2.24, 2.45) is 0 Å². The Hall–Kier alpha value is -3.58. The highest BCUT2D eigenvalue weighted by molar-refractivity contribution is 5.21. The normalized spacial score (nSPS) is 14.5. The van der Waals surface area contributed by atoms with Gasteiger partial charge in [-0.2, -0.15) is 0 Å². The van der Waals surface area contributed by atoms with Crippen molar-refractivity contribution >= 4 is 0 Å². The maximum atomic E-state index is 13.4. The maximum Gasteiger partial charge on any atom is 0.123 e. The van der Waals surface area contributed by atoms with Gasteiger partial charge in [-0.1, -0.05) is 41.6 Å². The monoisotopic (exact) mass is 445 g/mol. The van der Waals surface area contributed by atoms with Gasteiger partial charge in [0.15, 0.2) is 0 Å². The van der Waals surface area contributed by atoms with Crippen LogP contribution in [0, 0.1) is 5.82 Å². The summed E-state index contributed by atoms with van der Waals surface area (Å²) in [5.74, 6) is 0.624. The van der Waals surface area contributed by atoms with Crippen LogP contribution in [0.15, 0.2) is 85.2 Å². The minimum absolute atomic E-state index is 0.144. The van der Waals surface area contributed by atoms with Crippen LogP contribution in [0.5, 0.6) is 5.75 Å². The number of hydrogen-bond acceptors (Lipinski definition) is 5. The van der Waals surface area contributed by atoms with E-state index in [9.17, 15) is 4.39 Å². The zero-order valence-electron chi connectivity index (χ0n) is 18.5. The number of piperidine rings is 1. The van der Waals surface area contributed by atoms with E-state index >= 15 is 0 Å². The van der Waals surface area contributed by atoms with Gasteiger partial charge in [0, 0.05) is 12.7 Å². The van der Waals surface area contributed by atoms with E-state index in [1.807, 2.05) is 41.2 Å². The number of likely N-dealkylation sites (tertiary alicyclic amines) is 1. The standard InChI is InChI=1S/C20H22FN5.C6H6O/c21-18-5-3-4-17(12-18)16-7-10-25(11-8-16)13-20-15-26(24-23-20)14-19-6-1-2-9-22-19;7-6-4-2-1-3-5-6/h1-6,9,12,15-16H,7-8,10-11,13-14H2;1-5,7H. The smallest absolute Gasteiger partial charge is 0.123 e. The molecule has 1 saturated heterocycles. The molecule has 1 aliphatic rings. The molecule has 2 aromatic carbocycles. The van der Waals surface area contributed by atoms with Crippen molar-refractivity contribution < 1.29 is 9.50 Å². The Kier molecular flexibility index (Phi) is 7.76. The summed E-state index contributed by atoms with van der Waals surface area (Å²) in [7, 11) is 0. The average Bonchev–Trinajstić information content (AvgIpc) is 3.28. The highest BCUT2D eigenvalue weighted by atomic mass is 19.1. The highest BCUT2D eigenvalue weighted by Crippen LogP contribution is 2.28. The van der Waals surface area contributed by atoms with Gasteiger partial charge in [0.2, 0.25) is 0 Å². The molecule has 0 atom stereocenters. The van der Waals surface area contributed by atoms with E-state index in [4.69, 9.17) is 5.11 Å². The Labute approximate surface area is 193 Å². The van der Waals surface area contributed by atoms with Gasteiger partial charge in [-0.3, -0.25) is 9.88 Å². The van der Waals surface area contributed by atoms with Crippen LogP contribution in [0.2, 0.25) is 0 Å². The third kappa shape index (κ3) is 6.95. The molecule has 1 N–H and O–H groups in total. The summed E-state index contributed by atoms with van der Waals surface area (Å²) in [6.45, 7) is 3.43. The fourth-order valence-corrected chi connectivity index (χ4v) is 3.99. The van der Waals surface area contributed by atoms with Crippen LogP contribution in [0.3, 0.4) is 0 Å². The van der Waals surface area contributed by atoms with Gasteiger partial charge >= 0.3 is 0 Å². The van der Waals surface area contributed by atoms with Crippen LogP contribution in [-0.4, -0.2) is 43.1 Å². The van der Waals surface area contributed by atoms with Crippen LogP contribution in [0.25, 0.3) is 0 Å². The predicted molar refractivity (Wildman–Crippen MR) is 125 cm³/mol. The first kappa shape index (κ1) is 22.6. The summed E-state index contributed by atoms with van der Waals surface area (Å²) in [6, 6.07) is 21.6. The molecule has 7 heteroatoms. The lowest BCUT2D eigenvalue weighted by atomic mass is 9.89. The molecule has 33 heavy (non-hydrogen) atoms. The molecule has 1 fully saturated rings. The minimum Gasteiger partial charge on any atom is -0.508 e. The highest BCUT2D eigenvalue weighted by Gasteiger charge is 2.21. The van der Waals surface area contributed by atoms with E-state index in [-0.39, 0.29) is 5.82 Å². The number of halogens is 1. The van der Waals surface area contributed by atoms with E-state index in [1.54, 1.807) is 42.6 Å². The molecular formula is C26H28FN5O. The first-order valence-electron chi connectivity index (χ1n) is 11.2. The molecule has 0 bridgehead atoms. The summed E-state index contributed by atoms with van der Waals surface area (Å²) in [4.78, 5) is 6.71. The van der Waals surface area contributed by atoms with Crippen LogP contribution in [0.1, 0.15) is 35.7 Å². The van der Waals surface area contributed by atoms with Crippen molar-refractivity contribution in [2.75, 3.05) is 13.1 Å². The largest absolute Gasteiger partial charge is 0.508 e. The van der Waals surface area contributed by atoms with Gasteiger partial charge in [0.05, 0.1) is 24.1 Å². The van der Waals surface area contributed by atoms with Crippen LogP contribution >= 0.6 is 0 Å². The lowest BCUT2D eigenvalue weighted by Crippen LogP contribution is -2.32. The fraction of sp³-hybridized carbons (Fsp3) is 0.269. The Morgan fingerprint density at radius 2 is 1.67 bits per heavy atom. The first-order chi connectivity index (χ1) is 16.2. The van der Waals surface area contributed by atoms with Gasteiger partial charge < -0.3 is 5.11 Å². The second-order valence-electron chi connectivity index (χ2n) is 8.17. The maximum absolute atomic E-state index is 13.4. The molecule has 0 unspecified atom stereocenters. The topological polar surface area (TPSA) is 67.1 Å². The number of para-hydroxylation sites is 1. The fourth-order valence-electron chi connectivity index (χ4n) is 3.99. The third-order valence-electron chi connectivity index (χ3n) is 5.69. The molecule has 5 rings (SSSR count). The zero-order valence-corrected chi connectivity index (χ0v) is 18.5. The molecule has 170 valence electrons. The minimum atomic E-state index is -0.144. The van der Waals surface area contributed by atoms with Crippen molar-refractivity contribution in [1.82, 2.24) is 24.9 Å². The molecule has 0 radical (unpaired) electrons. The summed E-state index contributed by atoms with van der Waals surface area (Å²) in [5.41, 5.74) is 3.07. The predicted octanol–water partition coefficient (Wildman–Crippen LogP) is 4.63. The zero-order chi connectivity index (χ0) is 22.9. The molecular weight excluding hydrogens is 417 g/mol. The lowest BCUT2D eigenvalue weighted by molar-refractivity contribution is 0.202. The molecule has 0 spiro atoms. The Balaban J connectivity index is 0.000000318. The van der Waals surface area contributed by atoms with Gasteiger partial charge in [0.25, 0.3) is 0 Å². The van der Waals surface area contributed by atoms with E-state index in [0.717, 1.165) is 49.4 Å². The molecule has 4 aromatic rings. The van der Waals surface area contributed by atoms with Crippen molar-refractivity contribution in [3.63, 3.8) is 0 Å². The molecule has 1 aliphatic heterocycles. The van der Waals surface area contributed by atoms with E-state index < -0.39 is 0 Å². The van der Waals surface area contributed by atoms with E-state index in [1.165, 1.54) is 6.07 Å². The first-order valence-corrected chi connectivity index (χ1v) is 11.2. The number of aromatic nitrogens is 4. The van der Waals surface area contributed by atoms with Crippen LogP contribution < -0.4 is 0 Å². The van der Waals surface area contributed by atoms with Crippen molar-refractivity contribution in [3.8, 4) is 5.75 Å². The van der Waals surface area contributed by atoms with Gasteiger partial charge in [0.1, 0.15) is 11.6 Å². The van der Waals surface area contributed by atoms with Gasteiger partial charge in [-0.15, -0.1) is 5.10 Å². The number of phenols is 1. The summed E-state index contributed by atoms with van der Waals surface area (Å²) >= 11 is 0. The number of pyridine rings is 1. The van der Waals surface area contributed by atoms with E-state index in [2.05, 4.69) is 20.2 Å².